The lowest BCUT2D eigenvalue weighted by Crippen LogP contribution is -2.42. The quantitative estimate of drug-likeness (QED) is 0.336. The number of imidazole rings is 1. The number of hydrogen-bond acceptors (Lipinski definition) is 4. The lowest BCUT2D eigenvalue weighted by molar-refractivity contribution is 0.0678. The minimum absolute atomic E-state index is 0.0357. The summed E-state index contributed by atoms with van der Waals surface area (Å²) < 4.78 is 10.5. The number of benzene rings is 2. The Hall–Kier alpha value is -3.32. The van der Waals surface area contributed by atoms with E-state index in [1.165, 1.54) is 48.6 Å². The fourth-order valence-corrected chi connectivity index (χ4v) is 6.78. The lowest BCUT2D eigenvalue weighted by Gasteiger charge is -2.32. The van der Waals surface area contributed by atoms with E-state index < -0.39 is 0 Å². The molecule has 0 unspecified atom stereocenters. The number of likely N-dealkylation sites (tertiary alicyclic amines) is 1. The number of nitrogens with zero attached hydrogens (tertiary/aromatic N) is 4. The second-order valence-electron chi connectivity index (χ2n) is 12.0. The number of aromatic nitrogens is 3. The van der Waals surface area contributed by atoms with Crippen molar-refractivity contribution >= 4 is 27.8 Å². The Morgan fingerprint density at radius 3 is 2.62 bits per heavy atom. The Kier molecular flexibility index (Phi) is 6.14. The third kappa shape index (κ3) is 4.22. The maximum atomic E-state index is 13.6. The second kappa shape index (κ2) is 9.70. The minimum Gasteiger partial charge on any atom is -0.494 e. The molecule has 2 aromatic carbocycles. The highest BCUT2D eigenvalue weighted by Crippen LogP contribution is 2.43. The number of carbonyl (C=O) groups excluding carboxylic acids is 1. The first-order chi connectivity index (χ1) is 19.1. The van der Waals surface area contributed by atoms with E-state index in [1.807, 2.05) is 17.0 Å². The normalized spacial score (nSPS) is 20.1. The molecule has 7 nitrogen and oxygen atoms in total. The highest BCUT2D eigenvalue weighted by molar-refractivity contribution is 6.00. The first-order valence-corrected chi connectivity index (χ1v) is 14.7. The number of carbonyl (C=O) groups is 1. The number of ether oxygens (including phenoxy) is 1. The molecule has 0 bridgehead atoms. The van der Waals surface area contributed by atoms with Gasteiger partial charge in [0.1, 0.15) is 11.3 Å². The molecular formula is C32H39N5O2. The van der Waals surface area contributed by atoms with Crippen molar-refractivity contribution in [2.75, 3.05) is 26.7 Å². The van der Waals surface area contributed by atoms with E-state index in [1.54, 1.807) is 7.11 Å². The van der Waals surface area contributed by atoms with E-state index in [2.05, 4.69) is 40.4 Å². The average Bonchev–Trinajstić information content (AvgIpc) is 3.59. The third-order valence-electron chi connectivity index (χ3n) is 9.40. The van der Waals surface area contributed by atoms with Crippen LogP contribution in [0.4, 0.5) is 0 Å². The van der Waals surface area contributed by atoms with Crippen LogP contribution in [0.3, 0.4) is 0 Å². The Bertz CT molecular complexity index is 1560. The van der Waals surface area contributed by atoms with E-state index in [0.717, 1.165) is 54.4 Å². The van der Waals surface area contributed by atoms with Gasteiger partial charge < -0.3 is 24.5 Å². The van der Waals surface area contributed by atoms with Crippen molar-refractivity contribution in [2.45, 2.75) is 57.4 Å². The highest BCUT2D eigenvalue weighted by Gasteiger charge is 2.30. The molecule has 1 atom stereocenters. The molecule has 4 aromatic rings. The van der Waals surface area contributed by atoms with Gasteiger partial charge in [0.2, 0.25) is 0 Å². The topological polar surface area (TPSA) is 78.3 Å². The molecule has 1 amide bonds. The zero-order valence-corrected chi connectivity index (χ0v) is 23.2. The van der Waals surface area contributed by atoms with Gasteiger partial charge in [0, 0.05) is 37.6 Å². The largest absolute Gasteiger partial charge is 0.494 e. The molecule has 0 radical (unpaired) electrons. The Balaban J connectivity index is 1.35. The van der Waals surface area contributed by atoms with E-state index in [4.69, 9.17) is 15.5 Å². The van der Waals surface area contributed by atoms with Crippen molar-refractivity contribution in [1.29, 1.82) is 0 Å². The van der Waals surface area contributed by atoms with Crippen LogP contribution >= 0.6 is 0 Å². The summed E-state index contributed by atoms with van der Waals surface area (Å²) in [5, 5.41) is 1.30. The summed E-state index contributed by atoms with van der Waals surface area (Å²) >= 11 is 0. The molecule has 2 N–H and O–H groups in total. The van der Waals surface area contributed by atoms with Crippen molar-refractivity contribution in [3.05, 3.63) is 47.5 Å². The first-order valence-electron chi connectivity index (χ1n) is 14.7. The molecule has 1 saturated heterocycles. The molecule has 0 spiro atoms. The average molecular weight is 526 g/mol. The van der Waals surface area contributed by atoms with Crippen LogP contribution in [-0.4, -0.2) is 51.7 Å². The molecule has 1 aliphatic heterocycles. The predicted molar refractivity (Wildman–Crippen MR) is 155 cm³/mol. The minimum atomic E-state index is 0.0357. The van der Waals surface area contributed by atoms with Crippen LogP contribution in [0.5, 0.6) is 5.75 Å². The molecule has 7 rings (SSSR count). The standard InChI is InChI=1S/C32H39N5O2/c1-35-30-26(14-24(16-28(30)39-2)32(38)36-13-5-6-21(17-33)18-36)34-31(35)27-15-23-9-4-10-25(22-7-3-8-22)29(23)37(27)19-20-11-12-20/h4,9-10,14-16,20-22H,3,5-8,11-13,17-19,33H2,1-2H3/t21-/m0/s1. The number of para-hydroxylation sites is 1. The molecular weight excluding hydrogens is 486 g/mol. The van der Waals surface area contributed by atoms with Gasteiger partial charge in [-0.1, -0.05) is 24.6 Å². The highest BCUT2D eigenvalue weighted by atomic mass is 16.5. The molecule has 2 aliphatic carbocycles. The van der Waals surface area contributed by atoms with Gasteiger partial charge in [-0.2, -0.15) is 0 Å². The van der Waals surface area contributed by atoms with Gasteiger partial charge >= 0.3 is 0 Å². The van der Waals surface area contributed by atoms with Crippen molar-refractivity contribution in [3.63, 3.8) is 0 Å². The van der Waals surface area contributed by atoms with Gasteiger partial charge in [-0.15, -0.1) is 0 Å². The van der Waals surface area contributed by atoms with E-state index in [-0.39, 0.29) is 5.91 Å². The Morgan fingerprint density at radius 2 is 1.90 bits per heavy atom. The summed E-state index contributed by atoms with van der Waals surface area (Å²) in [6, 6.07) is 13.0. The molecule has 39 heavy (non-hydrogen) atoms. The summed E-state index contributed by atoms with van der Waals surface area (Å²) in [7, 11) is 3.74. The lowest BCUT2D eigenvalue weighted by atomic mass is 9.79. The zero-order valence-electron chi connectivity index (χ0n) is 23.2. The van der Waals surface area contributed by atoms with Crippen LogP contribution in [0.15, 0.2) is 36.4 Å². The number of rotatable bonds is 7. The maximum Gasteiger partial charge on any atom is 0.254 e. The molecule has 3 fully saturated rings. The van der Waals surface area contributed by atoms with Crippen LogP contribution < -0.4 is 10.5 Å². The van der Waals surface area contributed by atoms with Crippen molar-refractivity contribution in [3.8, 4) is 17.3 Å². The summed E-state index contributed by atoms with van der Waals surface area (Å²) in [6.45, 7) is 3.14. The number of nitrogens with two attached hydrogens (primary N) is 1. The zero-order chi connectivity index (χ0) is 26.7. The predicted octanol–water partition coefficient (Wildman–Crippen LogP) is 5.69. The summed E-state index contributed by atoms with van der Waals surface area (Å²) in [5.74, 6) is 3.41. The van der Waals surface area contributed by atoms with Crippen LogP contribution in [0.1, 0.15) is 66.8 Å². The van der Waals surface area contributed by atoms with Gasteiger partial charge in [-0.25, -0.2) is 4.98 Å². The Morgan fingerprint density at radius 1 is 1.05 bits per heavy atom. The van der Waals surface area contributed by atoms with Gasteiger partial charge in [0.05, 0.1) is 23.8 Å². The molecule has 2 aromatic heterocycles. The first kappa shape index (κ1) is 24.7. The Labute approximate surface area is 229 Å². The summed E-state index contributed by atoms with van der Waals surface area (Å²) in [6.07, 6.45) is 8.58. The smallest absolute Gasteiger partial charge is 0.254 e. The molecule has 2 saturated carbocycles. The van der Waals surface area contributed by atoms with Crippen molar-refractivity contribution in [2.24, 2.45) is 24.6 Å². The number of hydrogen-bond donors (Lipinski definition) is 1. The van der Waals surface area contributed by atoms with Gasteiger partial charge in [-0.3, -0.25) is 4.79 Å². The van der Waals surface area contributed by atoms with Crippen molar-refractivity contribution in [1.82, 2.24) is 19.0 Å². The number of methoxy groups -OCH3 is 1. The second-order valence-corrected chi connectivity index (χ2v) is 12.0. The van der Waals surface area contributed by atoms with Gasteiger partial charge in [-0.05, 0) is 86.6 Å². The van der Waals surface area contributed by atoms with Crippen LogP contribution in [0.2, 0.25) is 0 Å². The molecule has 7 heteroatoms. The van der Waals surface area contributed by atoms with E-state index in [9.17, 15) is 4.79 Å². The molecule has 204 valence electrons. The number of piperidine rings is 1. The van der Waals surface area contributed by atoms with E-state index >= 15 is 0 Å². The fraction of sp³-hybridized carbons (Fsp3) is 0.500. The molecule has 3 heterocycles. The number of amides is 1. The number of aryl methyl sites for hydroxylation is 1. The third-order valence-corrected chi connectivity index (χ3v) is 9.40. The summed E-state index contributed by atoms with van der Waals surface area (Å²) in [5.41, 5.74) is 12.3. The number of fused-ring (bicyclic) bond motifs is 2. The van der Waals surface area contributed by atoms with E-state index in [0.29, 0.717) is 36.2 Å². The maximum absolute atomic E-state index is 13.6. The van der Waals surface area contributed by atoms with Crippen LogP contribution in [0, 0.1) is 11.8 Å². The van der Waals surface area contributed by atoms with Gasteiger partial charge in [0.25, 0.3) is 5.91 Å². The van der Waals surface area contributed by atoms with Crippen LogP contribution in [-0.2, 0) is 13.6 Å². The fourth-order valence-electron chi connectivity index (χ4n) is 6.78. The SMILES string of the molecule is COc1cc(C(=O)N2CCC[C@@H](CN)C2)cc2nc(-c3cc4cccc(C5CCC5)c4n3CC3CC3)n(C)c12. The monoisotopic (exact) mass is 525 g/mol. The molecule has 3 aliphatic rings. The van der Waals surface area contributed by atoms with Crippen LogP contribution in [0.25, 0.3) is 33.5 Å². The summed E-state index contributed by atoms with van der Waals surface area (Å²) in [4.78, 5) is 20.7. The van der Waals surface area contributed by atoms with Crippen molar-refractivity contribution < 1.29 is 9.53 Å². The van der Waals surface area contributed by atoms with Gasteiger partial charge in [0.15, 0.2) is 5.82 Å².